The van der Waals surface area contributed by atoms with Crippen molar-refractivity contribution in [2.24, 2.45) is 7.05 Å². The Morgan fingerprint density at radius 3 is 2.74 bits per heavy atom. The van der Waals surface area contributed by atoms with Gasteiger partial charge < -0.3 is 19.0 Å². The van der Waals surface area contributed by atoms with Gasteiger partial charge in [0.1, 0.15) is 6.61 Å². The Bertz CT molecular complexity index is 1280. The normalized spacial score (nSPS) is 16.4. The van der Waals surface area contributed by atoms with Gasteiger partial charge in [-0.15, -0.1) is 10.2 Å². The van der Waals surface area contributed by atoms with Crippen LogP contribution in [0.25, 0.3) is 10.9 Å². The first-order valence-corrected chi connectivity index (χ1v) is 11.0. The van der Waals surface area contributed by atoms with Gasteiger partial charge in [0.25, 0.3) is 0 Å². The Labute approximate surface area is 183 Å². The van der Waals surface area contributed by atoms with E-state index in [4.69, 9.17) is 9.47 Å². The quantitative estimate of drug-likeness (QED) is 0.368. The van der Waals surface area contributed by atoms with Crippen LogP contribution >= 0.6 is 11.8 Å². The largest absolute Gasteiger partial charge is 0.485 e. The maximum Gasteiger partial charge on any atom is 0.192 e. The van der Waals surface area contributed by atoms with Crippen molar-refractivity contribution in [3.8, 4) is 11.5 Å². The number of nitrogens with zero attached hydrogens (tertiary/aromatic N) is 3. The molecule has 2 atom stereocenters. The first kappa shape index (κ1) is 19.7. The van der Waals surface area contributed by atoms with E-state index in [-0.39, 0.29) is 17.1 Å². The van der Waals surface area contributed by atoms with Crippen LogP contribution in [0.1, 0.15) is 34.9 Å². The molecular formula is C23H22N4O3S. The van der Waals surface area contributed by atoms with Gasteiger partial charge >= 0.3 is 0 Å². The fraction of sp³-hybridized carbons (Fsp3) is 0.261. The summed E-state index contributed by atoms with van der Waals surface area (Å²) in [5.41, 5.74) is 2.58. The fourth-order valence-electron chi connectivity index (χ4n) is 3.86. The minimum atomic E-state index is -0.358. The molecule has 2 aromatic carbocycles. The molecule has 7 nitrogen and oxygen atoms in total. The zero-order chi connectivity index (χ0) is 21.5. The van der Waals surface area contributed by atoms with Crippen molar-refractivity contribution in [2.75, 3.05) is 6.61 Å². The number of aromatic amines is 1. The number of para-hydroxylation sites is 3. The lowest BCUT2D eigenvalue weighted by molar-refractivity contribution is 0.0825. The van der Waals surface area contributed by atoms with Crippen LogP contribution < -0.4 is 9.47 Å². The van der Waals surface area contributed by atoms with Crippen molar-refractivity contribution in [1.82, 2.24) is 19.7 Å². The van der Waals surface area contributed by atoms with E-state index in [1.807, 2.05) is 74.0 Å². The number of aryl methyl sites for hydroxylation is 1. The number of hydrogen-bond acceptors (Lipinski definition) is 6. The van der Waals surface area contributed by atoms with Gasteiger partial charge in [0, 0.05) is 29.2 Å². The number of rotatable bonds is 5. The van der Waals surface area contributed by atoms with Gasteiger partial charge in [0.05, 0.1) is 5.25 Å². The molecule has 0 fully saturated rings. The fourth-order valence-corrected chi connectivity index (χ4v) is 4.75. The van der Waals surface area contributed by atoms with Gasteiger partial charge in [0.2, 0.25) is 0 Å². The van der Waals surface area contributed by atoms with Crippen LogP contribution in [0.15, 0.2) is 53.7 Å². The Morgan fingerprint density at radius 1 is 1.16 bits per heavy atom. The van der Waals surface area contributed by atoms with Crippen LogP contribution in [-0.4, -0.2) is 37.4 Å². The number of hydrogen-bond donors (Lipinski definition) is 1. The standard InChI is InChI=1S/C23H22N4O3S/c1-13-20(15-8-4-5-9-16(15)24-13)21(28)14(2)31-23-26-25-22(27(23)3)19-12-29-17-10-6-7-11-18(17)30-19/h4-11,14,19,24H,12H2,1-3H3. The minimum absolute atomic E-state index is 0.0654. The van der Waals surface area contributed by atoms with Crippen molar-refractivity contribution >= 4 is 28.4 Å². The summed E-state index contributed by atoms with van der Waals surface area (Å²) in [6.07, 6.45) is -0.358. The molecule has 2 unspecified atom stereocenters. The van der Waals surface area contributed by atoms with Crippen LogP contribution in [0.4, 0.5) is 0 Å². The highest BCUT2D eigenvalue weighted by molar-refractivity contribution is 8.00. The topological polar surface area (TPSA) is 82.0 Å². The highest BCUT2D eigenvalue weighted by Crippen LogP contribution is 2.36. The number of ketones is 1. The molecule has 8 heteroatoms. The van der Waals surface area contributed by atoms with Crippen LogP contribution in [0.5, 0.6) is 11.5 Å². The summed E-state index contributed by atoms with van der Waals surface area (Å²) in [5.74, 6) is 2.15. The SMILES string of the molecule is Cc1[nH]c2ccccc2c1C(=O)C(C)Sc1nnc(C2COc3ccccc3O2)n1C. The second-order valence-corrected chi connectivity index (χ2v) is 8.87. The number of thioether (sulfide) groups is 1. The maximum atomic E-state index is 13.3. The molecule has 1 N–H and O–H groups in total. The van der Waals surface area contributed by atoms with E-state index in [1.54, 1.807) is 0 Å². The lowest BCUT2D eigenvalue weighted by Crippen LogP contribution is -2.24. The van der Waals surface area contributed by atoms with Crippen molar-refractivity contribution in [3.05, 3.63) is 65.6 Å². The third-order valence-corrected chi connectivity index (χ3v) is 6.59. The Kier molecular flexibility index (Phi) is 4.94. The Morgan fingerprint density at radius 2 is 1.90 bits per heavy atom. The summed E-state index contributed by atoms with van der Waals surface area (Å²) in [7, 11) is 1.88. The van der Waals surface area contributed by atoms with Crippen molar-refractivity contribution in [1.29, 1.82) is 0 Å². The summed E-state index contributed by atoms with van der Waals surface area (Å²) in [6, 6.07) is 15.4. The van der Waals surface area contributed by atoms with Gasteiger partial charge in [-0.05, 0) is 32.0 Å². The van der Waals surface area contributed by atoms with Crippen molar-refractivity contribution in [2.45, 2.75) is 30.4 Å². The lowest BCUT2D eigenvalue weighted by atomic mass is 10.1. The molecule has 0 spiro atoms. The van der Waals surface area contributed by atoms with E-state index in [9.17, 15) is 4.79 Å². The maximum absolute atomic E-state index is 13.3. The van der Waals surface area contributed by atoms with Gasteiger partial charge in [-0.2, -0.15) is 0 Å². The van der Waals surface area contributed by atoms with Crippen LogP contribution in [0.3, 0.4) is 0 Å². The van der Waals surface area contributed by atoms with E-state index in [2.05, 4.69) is 15.2 Å². The van der Waals surface area contributed by atoms with E-state index < -0.39 is 0 Å². The number of carbonyl (C=O) groups is 1. The molecule has 31 heavy (non-hydrogen) atoms. The van der Waals surface area contributed by atoms with E-state index in [0.29, 0.717) is 23.3 Å². The summed E-state index contributed by atoms with van der Waals surface area (Å²) in [5, 5.41) is 9.93. The minimum Gasteiger partial charge on any atom is -0.485 e. The van der Waals surface area contributed by atoms with E-state index >= 15 is 0 Å². The molecule has 5 rings (SSSR count). The van der Waals surface area contributed by atoms with Crippen molar-refractivity contribution < 1.29 is 14.3 Å². The second kappa shape index (κ2) is 7.77. The monoisotopic (exact) mass is 434 g/mol. The van der Waals surface area contributed by atoms with Gasteiger partial charge in [-0.1, -0.05) is 42.1 Å². The van der Waals surface area contributed by atoms with E-state index in [0.717, 1.165) is 27.9 Å². The first-order chi connectivity index (χ1) is 15.0. The van der Waals surface area contributed by atoms with Gasteiger partial charge in [-0.3, -0.25) is 4.79 Å². The predicted molar refractivity (Wildman–Crippen MR) is 119 cm³/mol. The number of carbonyl (C=O) groups excluding carboxylic acids is 1. The molecule has 1 aliphatic heterocycles. The Balaban J connectivity index is 1.36. The summed E-state index contributed by atoms with van der Waals surface area (Å²) < 4.78 is 13.7. The van der Waals surface area contributed by atoms with Crippen molar-refractivity contribution in [3.63, 3.8) is 0 Å². The molecule has 0 saturated carbocycles. The number of H-pyrrole nitrogens is 1. The third-order valence-electron chi connectivity index (χ3n) is 5.46. The number of benzene rings is 2. The summed E-state index contributed by atoms with van der Waals surface area (Å²) in [4.78, 5) is 16.6. The molecule has 0 aliphatic carbocycles. The molecule has 3 heterocycles. The molecule has 1 aliphatic rings. The molecule has 0 bridgehead atoms. The highest BCUT2D eigenvalue weighted by Gasteiger charge is 2.29. The number of Topliss-reactive ketones (excluding diaryl/α,β-unsaturated/α-hetero) is 1. The average molecular weight is 435 g/mol. The molecule has 4 aromatic rings. The number of ether oxygens (including phenoxy) is 2. The second-order valence-electron chi connectivity index (χ2n) is 7.56. The Hall–Kier alpha value is -3.26. The molecule has 0 amide bonds. The zero-order valence-corrected chi connectivity index (χ0v) is 18.3. The number of aromatic nitrogens is 4. The third kappa shape index (κ3) is 3.46. The van der Waals surface area contributed by atoms with Gasteiger partial charge in [-0.25, -0.2) is 0 Å². The molecular weight excluding hydrogens is 412 g/mol. The smallest absolute Gasteiger partial charge is 0.192 e. The molecule has 158 valence electrons. The first-order valence-electron chi connectivity index (χ1n) is 10.1. The van der Waals surface area contributed by atoms with Crippen LogP contribution in [0, 0.1) is 6.92 Å². The molecule has 0 saturated heterocycles. The molecule has 2 aromatic heterocycles. The number of nitrogens with one attached hydrogen (secondary N) is 1. The van der Waals surface area contributed by atoms with Crippen LogP contribution in [0.2, 0.25) is 0 Å². The van der Waals surface area contributed by atoms with Crippen LogP contribution in [-0.2, 0) is 7.05 Å². The predicted octanol–water partition coefficient (Wildman–Crippen LogP) is 4.48. The lowest BCUT2D eigenvalue weighted by Gasteiger charge is -2.25. The average Bonchev–Trinajstić information content (AvgIpc) is 3.31. The number of fused-ring (bicyclic) bond motifs is 2. The summed E-state index contributed by atoms with van der Waals surface area (Å²) >= 11 is 1.39. The van der Waals surface area contributed by atoms with E-state index in [1.165, 1.54) is 11.8 Å². The highest BCUT2D eigenvalue weighted by atomic mass is 32.2. The van der Waals surface area contributed by atoms with Gasteiger partial charge in [0.15, 0.2) is 34.4 Å². The zero-order valence-electron chi connectivity index (χ0n) is 17.5. The summed E-state index contributed by atoms with van der Waals surface area (Å²) in [6.45, 7) is 4.19. The molecule has 0 radical (unpaired) electrons.